The first-order valence-electron chi connectivity index (χ1n) is 29.1. The Bertz CT molecular complexity index is 5430. The molecule has 0 spiro atoms. The number of nitrogens with one attached hydrogen (secondary N) is 1. The third-order valence-corrected chi connectivity index (χ3v) is 17.8. The summed E-state index contributed by atoms with van der Waals surface area (Å²) >= 11 is 0. The Morgan fingerprint density at radius 2 is 0.442 bits per heavy atom. The molecule has 0 saturated heterocycles. The van der Waals surface area contributed by atoms with Gasteiger partial charge < -0.3 is 23.7 Å². The predicted octanol–water partition coefficient (Wildman–Crippen LogP) is 20.6. The van der Waals surface area contributed by atoms with E-state index >= 15 is 0 Å². The van der Waals surface area contributed by atoms with Gasteiger partial charge in [-0.2, -0.15) is 5.26 Å². The molecular weight excluding hydrogens is 1040 g/mol. The molecule has 0 aliphatic heterocycles. The molecule has 0 radical (unpaired) electrons. The second-order valence-corrected chi connectivity index (χ2v) is 22.2. The van der Waals surface area contributed by atoms with Gasteiger partial charge in [0.25, 0.3) is 0 Å². The summed E-state index contributed by atoms with van der Waals surface area (Å²) in [5.74, 6) is 0. The third kappa shape index (κ3) is 7.29. The second kappa shape index (κ2) is 19.4. The fourth-order valence-corrected chi connectivity index (χ4v) is 14.1. The standard InChI is InChI=1S/C80H50N6/c81-49-67-68(50-82)78(52-35-43-56(44-36-52)84-71-27-11-3-19-61(71)62-20-4-12-28-72(62)84)80(54-39-47-58(48-40-54)86-75-31-15-7-23-65(75)66-24-8-16-32-76(66)86)79(53-37-45-57(46-38-53)85-73-29-13-5-21-63(73)64-22-6-14-30-74(64)85)77(67)51-33-41-55(42-34-51)83-69-25-9-1-17-59(69)60-18-2-10-26-70(60)83/h1-49,81H. The zero-order valence-electron chi connectivity index (χ0n) is 46.5. The van der Waals surface area contributed by atoms with E-state index in [2.05, 4.69) is 316 Å². The van der Waals surface area contributed by atoms with Crippen molar-refractivity contribution < 1.29 is 0 Å². The van der Waals surface area contributed by atoms with Gasteiger partial charge in [-0.25, -0.2) is 0 Å². The van der Waals surface area contributed by atoms with Crippen molar-refractivity contribution in [2.24, 2.45) is 0 Å². The van der Waals surface area contributed by atoms with E-state index in [0.29, 0.717) is 11.1 Å². The van der Waals surface area contributed by atoms with E-state index in [1.807, 2.05) is 0 Å². The third-order valence-electron chi connectivity index (χ3n) is 17.8. The number of nitriles is 1. The zero-order chi connectivity index (χ0) is 57.0. The molecule has 86 heavy (non-hydrogen) atoms. The Morgan fingerprint density at radius 1 is 0.244 bits per heavy atom. The van der Waals surface area contributed by atoms with Crippen molar-refractivity contribution >= 4 is 93.4 Å². The van der Waals surface area contributed by atoms with Gasteiger partial charge in [0.15, 0.2) is 0 Å². The molecule has 0 fully saturated rings. The normalized spacial score (nSPS) is 11.8. The Labute approximate surface area is 495 Å². The summed E-state index contributed by atoms with van der Waals surface area (Å²) in [5.41, 5.74) is 21.1. The van der Waals surface area contributed by atoms with Crippen molar-refractivity contribution in [3.63, 3.8) is 0 Å². The molecule has 4 heterocycles. The van der Waals surface area contributed by atoms with Gasteiger partial charge in [0, 0.05) is 88.7 Å². The van der Waals surface area contributed by atoms with Crippen LogP contribution in [0.4, 0.5) is 0 Å². The molecule has 1 N–H and O–H groups in total. The molecule has 13 aromatic carbocycles. The van der Waals surface area contributed by atoms with Crippen LogP contribution in [0.15, 0.2) is 291 Å². The van der Waals surface area contributed by atoms with Crippen molar-refractivity contribution in [1.82, 2.24) is 18.3 Å². The molecule has 0 aliphatic rings. The van der Waals surface area contributed by atoms with Crippen LogP contribution in [-0.2, 0) is 0 Å². The summed E-state index contributed by atoms with van der Waals surface area (Å²) in [7, 11) is 0. The first-order chi connectivity index (χ1) is 42.6. The zero-order valence-corrected chi connectivity index (χ0v) is 46.5. The SMILES string of the molecule is N#Cc1c(C=N)c(-c2ccc(-n3c4ccccc4c4ccccc43)cc2)c(-c2ccc(-n3c4ccccc4c4ccccc43)cc2)c(-c2ccc(-n3c4ccccc4c4ccccc43)cc2)c1-c1ccc(-n2c3ccccc3c3ccccc32)cc1. The summed E-state index contributed by atoms with van der Waals surface area (Å²) in [4.78, 5) is 0. The van der Waals surface area contributed by atoms with E-state index in [9.17, 15) is 10.7 Å². The van der Waals surface area contributed by atoms with E-state index in [1.54, 1.807) is 0 Å². The van der Waals surface area contributed by atoms with Crippen LogP contribution >= 0.6 is 0 Å². The van der Waals surface area contributed by atoms with Crippen LogP contribution in [0.25, 0.3) is 154 Å². The maximum absolute atomic E-state index is 11.9. The lowest BCUT2D eigenvalue weighted by Gasteiger charge is -2.25. The van der Waals surface area contributed by atoms with Gasteiger partial charge >= 0.3 is 0 Å². The highest BCUT2D eigenvalue weighted by atomic mass is 15.0. The van der Waals surface area contributed by atoms with E-state index in [4.69, 9.17) is 0 Å². The quantitative estimate of drug-likeness (QED) is 0.144. The van der Waals surface area contributed by atoms with Crippen molar-refractivity contribution in [2.75, 3.05) is 0 Å². The first kappa shape index (κ1) is 48.9. The van der Waals surface area contributed by atoms with Crippen LogP contribution < -0.4 is 0 Å². The number of fused-ring (bicyclic) bond motifs is 12. The predicted molar refractivity (Wildman–Crippen MR) is 358 cm³/mol. The number of aromatic nitrogens is 4. The lowest BCUT2D eigenvalue weighted by molar-refractivity contribution is 1.18. The number of rotatable bonds is 9. The summed E-state index contributed by atoms with van der Waals surface area (Å²) < 4.78 is 9.35. The largest absolute Gasteiger partial charge is 0.309 e. The first-order valence-corrected chi connectivity index (χ1v) is 29.1. The highest BCUT2D eigenvalue weighted by Gasteiger charge is 2.28. The van der Waals surface area contributed by atoms with E-state index in [0.717, 1.165) is 111 Å². The summed E-state index contributed by atoms with van der Waals surface area (Å²) in [5, 5.41) is 31.0. The molecule has 6 heteroatoms. The van der Waals surface area contributed by atoms with Crippen molar-refractivity contribution in [3.05, 3.63) is 302 Å². The summed E-state index contributed by atoms with van der Waals surface area (Å²) in [6, 6.07) is 107. The number of para-hydroxylation sites is 8. The van der Waals surface area contributed by atoms with Crippen molar-refractivity contribution in [3.8, 4) is 73.3 Å². The van der Waals surface area contributed by atoms with Crippen LogP contribution in [0.2, 0.25) is 0 Å². The molecule has 0 bridgehead atoms. The smallest absolute Gasteiger partial charge is 0.101 e. The molecule has 6 nitrogen and oxygen atoms in total. The minimum atomic E-state index is 0.429. The number of hydrogen-bond acceptors (Lipinski definition) is 2. The number of nitrogens with zero attached hydrogens (tertiary/aromatic N) is 5. The van der Waals surface area contributed by atoms with E-state index in [1.165, 1.54) is 49.3 Å². The van der Waals surface area contributed by atoms with E-state index in [-0.39, 0.29) is 0 Å². The molecule has 400 valence electrons. The van der Waals surface area contributed by atoms with Gasteiger partial charge in [-0.05, 0) is 130 Å². The van der Waals surface area contributed by atoms with Crippen molar-refractivity contribution in [2.45, 2.75) is 0 Å². The minimum absolute atomic E-state index is 0.429. The van der Waals surface area contributed by atoms with Gasteiger partial charge in [0.05, 0.1) is 49.7 Å². The van der Waals surface area contributed by atoms with Gasteiger partial charge in [-0.1, -0.05) is 194 Å². The summed E-state index contributed by atoms with van der Waals surface area (Å²) in [6.07, 6.45) is 1.40. The van der Waals surface area contributed by atoms with Crippen LogP contribution in [0, 0.1) is 16.7 Å². The number of hydrogen-bond donors (Lipinski definition) is 1. The molecule has 0 atom stereocenters. The lowest BCUT2D eigenvalue weighted by atomic mass is 9.77. The maximum Gasteiger partial charge on any atom is 0.101 e. The molecular formula is C80H50N6. The van der Waals surface area contributed by atoms with Crippen molar-refractivity contribution in [1.29, 1.82) is 10.7 Å². The molecule has 0 unspecified atom stereocenters. The number of benzene rings is 13. The van der Waals surface area contributed by atoms with Gasteiger partial charge in [-0.3, -0.25) is 0 Å². The fraction of sp³-hybridized carbons (Fsp3) is 0. The highest BCUT2D eigenvalue weighted by Crippen LogP contribution is 2.51. The molecule has 4 aromatic heterocycles. The Morgan fingerprint density at radius 3 is 0.663 bits per heavy atom. The topological polar surface area (TPSA) is 67.4 Å². The highest BCUT2D eigenvalue weighted by molar-refractivity contribution is 6.14. The molecule has 17 aromatic rings. The fourth-order valence-electron chi connectivity index (χ4n) is 14.1. The van der Waals surface area contributed by atoms with E-state index < -0.39 is 0 Å². The molecule has 17 rings (SSSR count). The maximum atomic E-state index is 11.9. The molecule has 0 amide bonds. The summed E-state index contributed by atoms with van der Waals surface area (Å²) in [6.45, 7) is 0. The Kier molecular flexibility index (Phi) is 11.0. The minimum Gasteiger partial charge on any atom is -0.309 e. The average Bonchev–Trinajstić information content (AvgIpc) is 2.23. The van der Waals surface area contributed by atoms with Crippen LogP contribution in [0.3, 0.4) is 0 Å². The molecule has 0 saturated carbocycles. The second-order valence-electron chi connectivity index (χ2n) is 22.2. The lowest BCUT2D eigenvalue weighted by Crippen LogP contribution is -2.05. The van der Waals surface area contributed by atoms with Gasteiger partial charge in [0.2, 0.25) is 0 Å². The van der Waals surface area contributed by atoms with Crippen LogP contribution in [0.5, 0.6) is 0 Å². The van der Waals surface area contributed by atoms with Crippen LogP contribution in [0.1, 0.15) is 11.1 Å². The Balaban J connectivity index is 0.939. The average molecular weight is 1100 g/mol. The molecule has 0 aliphatic carbocycles. The Hall–Kier alpha value is -11.8. The monoisotopic (exact) mass is 1090 g/mol. The van der Waals surface area contributed by atoms with Gasteiger partial charge in [-0.15, -0.1) is 0 Å². The van der Waals surface area contributed by atoms with Gasteiger partial charge in [0.1, 0.15) is 6.07 Å². The van der Waals surface area contributed by atoms with Crippen LogP contribution in [-0.4, -0.2) is 24.5 Å².